The molecular formula is C24H32ClN3O4S. The molecule has 1 heterocycles. The normalized spacial score (nSPS) is 16.3. The highest BCUT2D eigenvalue weighted by atomic mass is 35.5. The molecule has 1 atom stereocenters. The number of nitrogens with zero attached hydrogens (tertiary/aromatic N) is 2. The number of nitrogens with one attached hydrogen (secondary N) is 1. The maximum Gasteiger partial charge on any atom is 0.255 e. The van der Waals surface area contributed by atoms with E-state index in [0.29, 0.717) is 30.4 Å². The zero-order chi connectivity index (χ0) is 24.0. The Kier molecular flexibility index (Phi) is 8.75. The van der Waals surface area contributed by atoms with E-state index in [2.05, 4.69) is 5.32 Å². The topological polar surface area (TPSA) is 79.0 Å². The third-order valence-electron chi connectivity index (χ3n) is 5.96. The summed E-state index contributed by atoms with van der Waals surface area (Å²) >= 11 is 6.37. The van der Waals surface area contributed by atoms with Crippen LogP contribution >= 0.6 is 11.6 Å². The van der Waals surface area contributed by atoms with E-state index in [1.54, 1.807) is 0 Å². The molecule has 0 aliphatic carbocycles. The summed E-state index contributed by atoms with van der Waals surface area (Å²) in [5, 5.41) is 3.54. The van der Waals surface area contributed by atoms with Crippen molar-refractivity contribution in [3.05, 3.63) is 58.6 Å². The average Bonchev–Trinajstić information content (AvgIpc) is 3.10. The number of sulfonamides is 1. The average molecular weight is 494 g/mol. The van der Waals surface area contributed by atoms with Gasteiger partial charge in [-0.05, 0) is 56.8 Å². The molecule has 3 rings (SSSR count). The molecule has 1 N–H and O–H groups in total. The fraction of sp³-hybridized carbons (Fsp3) is 0.458. The van der Waals surface area contributed by atoms with Gasteiger partial charge in [0.1, 0.15) is 5.75 Å². The number of likely N-dealkylation sites (N-methyl/N-ethyl adjacent to an activating group) is 1. The van der Waals surface area contributed by atoms with Crippen molar-refractivity contribution in [1.82, 2.24) is 14.5 Å². The highest BCUT2D eigenvalue weighted by Crippen LogP contribution is 2.28. The fourth-order valence-electron chi connectivity index (χ4n) is 4.06. The molecule has 0 unspecified atom stereocenters. The number of benzene rings is 2. The second-order valence-electron chi connectivity index (χ2n) is 8.39. The molecule has 0 spiro atoms. The van der Waals surface area contributed by atoms with Gasteiger partial charge in [0.2, 0.25) is 10.0 Å². The van der Waals surface area contributed by atoms with Crippen LogP contribution in [0.4, 0.5) is 0 Å². The number of ether oxygens (including phenoxy) is 1. The van der Waals surface area contributed by atoms with Crippen molar-refractivity contribution in [2.45, 2.75) is 36.6 Å². The molecule has 0 saturated carbocycles. The van der Waals surface area contributed by atoms with Crippen molar-refractivity contribution in [2.75, 3.05) is 40.8 Å². The minimum Gasteiger partial charge on any atom is -0.496 e. The predicted molar refractivity (Wildman–Crippen MR) is 130 cm³/mol. The van der Waals surface area contributed by atoms with Crippen LogP contribution in [-0.2, 0) is 10.0 Å². The Balaban J connectivity index is 1.84. The lowest BCUT2D eigenvalue weighted by atomic mass is 10.1. The Morgan fingerprint density at radius 1 is 1.12 bits per heavy atom. The van der Waals surface area contributed by atoms with Crippen LogP contribution in [0.3, 0.4) is 0 Å². The second kappa shape index (κ2) is 11.3. The van der Waals surface area contributed by atoms with Crippen LogP contribution in [0, 0.1) is 0 Å². The highest BCUT2D eigenvalue weighted by Gasteiger charge is 2.27. The number of halogens is 1. The van der Waals surface area contributed by atoms with Crippen molar-refractivity contribution >= 4 is 27.5 Å². The quantitative estimate of drug-likeness (QED) is 0.602. The standard InChI is InChI=1S/C24H32ClN3O4S/c1-27(2)22(19-10-6-7-11-21(19)25)17-26-24(29)20-16-18(12-13-23(20)32-3)33(30,31)28-14-8-4-5-9-15-28/h6-7,10-13,16,22H,4-5,8-9,14-15,17H2,1-3H3,(H,26,29)/t22-/m1/s1. The van der Waals surface area contributed by atoms with Gasteiger partial charge in [0.25, 0.3) is 5.91 Å². The third-order valence-corrected chi connectivity index (χ3v) is 8.20. The molecule has 2 aromatic carbocycles. The maximum absolute atomic E-state index is 13.2. The zero-order valence-corrected chi connectivity index (χ0v) is 21.0. The van der Waals surface area contributed by atoms with Crippen LogP contribution in [0.5, 0.6) is 5.75 Å². The molecular weight excluding hydrogens is 462 g/mol. The van der Waals surface area contributed by atoms with E-state index < -0.39 is 15.9 Å². The minimum absolute atomic E-state index is 0.102. The summed E-state index contributed by atoms with van der Waals surface area (Å²) in [6, 6.07) is 11.8. The Hall–Kier alpha value is -2.13. The molecule has 1 fully saturated rings. The van der Waals surface area contributed by atoms with Gasteiger partial charge in [0.15, 0.2) is 0 Å². The van der Waals surface area contributed by atoms with Crippen LogP contribution in [0.15, 0.2) is 47.4 Å². The second-order valence-corrected chi connectivity index (χ2v) is 10.7. The Morgan fingerprint density at radius 3 is 2.39 bits per heavy atom. The lowest BCUT2D eigenvalue weighted by Crippen LogP contribution is -2.35. The van der Waals surface area contributed by atoms with Crippen LogP contribution in [0.2, 0.25) is 5.02 Å². The highest BCUT2D eigenvalue weighted by molar-refractivity contribution is 7.89. The largest absolute Gasteiger partial charge is 0.496 e. The number of hydrogen-bond donors (Lipinski definition) is 1. The smallest absolute Gasteiger partial charge is 0.255 e. The molecule has 1 aliphatic heterocycles. The number of carbonyl (C=O) groups is 1. The van der Waals surface area contributed by atoms with Crippen molar-refractivity contribution < 1.29 is 17.9 Å². The third kappa shape index (κ3) is 6.06. The summed E-state index contributed by atoms with van der Waals surface area (Å²) in [7, 11) is 1.60. The van der Waals surface area contributed by atoms with E-state index in [4.69, 9.17) is 16.3 Å². The molecule has 1 aliphatic rings. The molecule has 9 heteroatoms. The Labute approximate surface area is 201 Å². The van der Waals surface area contributed by atoms with E-state index in [1.165, 1.54) is 29.6 Å². The van der Waals surface area contributed by atoms with Crippen molar-refractivity contribution in [2.24, 2.45) is 0 Å². The van der Waals surface area contributed by atoms with Crippen LogP contribution < -0.4 is 10.1 Å². The molecule has 0 bridgehead atoms. The summed E-state index contributed by atoms with van der Waals surface area (Å²) < 4.78 is 33.3. The number of rotatable bonds is 8. The van der Waals surface area contributed by atoms with Crippen molar-refractivity contribution in [3.8, 4) is 5.75 Å². The van der Waals surface area contributed by atoms with Gasteiger partial charge in [0.05, 0.1) is 23.6 Å². The molecule has 7 nitrogen and oxygen atoms in total. The monoisotopic (exact) mass is 493 g/mol. The maximum atomic E-state index is 13.2. The van der Waals surface area contributed by atoms with Gasteiger partial charge in [-0.2, -0.15) is 4.31 Å². The number of hydrogen-bond acceptors (Lipinski definition) is 5. The fourth-order valence-corrected chi connectivity index (χ4v) is 5.86. The first-order chi connectivity index (χ1) is 15.8. The van der Waals surface area contributed by atoms with Crippen molar-refractivity contribution in [1.29, 1.82) is 0 Å². The van der Waals surface area contributed by atoms with E-state index >= 15 is 0 Å². The summed E-state index contributed by atoms with van der Waals surface area (Å²) in [6.45, 7) is 1.29. The first-order valence-electron chi connectivity index (χ1n) is 11.1. The lowest BCUT2D eigenvalue weighted by Gasteiger charge is -2.26. The summed E-state index contributed by atoms with van der Waals surface area (Å²) in [6.07, 6.45) is 3.74. The summed E-state index contributed by atoms with van der Waals surface area (Å²) in [4.78, 5) is 15.2. The molecule has 0 aromatic heterocycles. The summed E-state index contributed by atoms with van der Waals surface area (Å²) in [5.74, 6) is -0.0832. The van der Waals surface area contributed by atoms with E-state index in [-0.39, 0.29) is 16.5 Å². The van der Waals surface area contributed by atoms with Gasteiger partial charge < -0.3 is 15.0 Å². The number of methoxy groups -OCH3 is 1. The van der Waals surface area contributed by atoms with Crippen LogP contribution in [-0.4, -0.2) is 64.4 Å². The van der Waals surface area contributed by atoms with Gasteiger partial charge in [-0.15, -0.1) is 0 Å². The Morgan fingerprint density at radius 2 is 1.79 bits per heavy atom. The summed E-state index contributed by atoms with van der Waals surface area (Å²) in [5.41, 5.74) is 1.08. The van der Waals surface area contributed by atoms with Crippen LogP contribution in [0.25, 0.3) is 0 Å². The lowest BCUT2D eigenvalue weighted by molar-refractivity contribution is 0.0938. The predicted octanol–water partition coefficient (Wildman–Crippen LogP) is 3.95. The molecule has 0 radical (unpaired) electrons. The molecule has 1 saturated heterocycles. The molecule has 1 amide bonds. The molecule has 33 heavy (non-hydrogen) atoms. The van der Waals surface area contributed by atoms with Gasteiger partial charge in [-0.3, -0.25) is 4.79 Å². The number of amides is 1. The van der Waals surface area contributed by atoms with E-state index in [9.17, 15) is 13.2 Å². The van der Waals surface area contributed by atoms with E-state index in [1.807, 2.05) is 43.3 Å². The van der Waals surface area contributed by atoms with Crippen LogP contribution in [0.1, 0.15) is 47.6 Å². The van der Waals surface area contributed by atoms with Gasteiger partial charge in [-0.25, -0.2) is 8.42 Å². The first-order valence-corrected chi connectivity index (χ1v) is 12.9. The number of carbonyl (C=O) groups excluding carboxylic acids is 1. The molecule has 180 valence electrons. The minimum atomic E-state index is -3.69. The Bertz CT molecular complexity index is 1070. The SMILES string of the molecule is COc1ccc(S(=O)(=O)N2CCCCCC2)cc1C(=O)NC[C@H](c1ccccc1Cl)N(C)C. The van der Waals surface area contributed by atoms with Gasteiger partial charge >= 0.3 is 0 Å². The molecule has 2 aromatic rings. The van der Waals surface area contributed by atoms with E-state index in [0.717, 1.165) is 31.2 Å². The first kappa shape index (κ1) is 25.5. The van der Waals surface area contributed by atoms with Gasteiger partial charge in [-0.1, -0.05) is 42.6 Å². The van der Waals surface area contributed by atoms with Crippen molar-refractivity contribution in [3.63, 3.8) is 0 Å². The zero-order valence-electron chi connectivity index (χ0n) is 19.4. The van der Waals surface area contributed by atoms with Gasteiger partial charge in [0, 0.05) is 24.7 Å².